The van der Waals surface area contributed by atoms with Crippen molar-refractivity contribution in [2.45, 2.75) is 0 Å². The highest BCUT2D eigenvalue weighted by Gasteiger charge is 1.47. The van der Waals surface area contributed by atoms with Gasteiger partial charge in [-0.25, -0.2) is 0 Å². The first-order chi connectivity index (χ1) is 2.41. The molecule has 0 bridgehead atoms. The second-order valence-electron chi connectivity index (χ2n) is 0.490. The van der Waals surface area contributed by atoms with Gasteiger partial charge < -0.3 is 10.6 Å². The van der Waals surface area contributed by atoms with E-state index in [0.29, 0.717) is 0 Å². The molecule has 0 rings (SSSR count). The molecule has 0 amide bonds. The zero-order valence-electron chi connectivity index (χ0n) is 3.01. The molecule has 0 fully saturated rings. The lowest BCUT2D eigenvalue weighted by Gasteiger charge is -1.75. The van der Waals surface area contributed by atoms with E-state index in [-0.39, 0.29) is 0 Å². The van der Waals surface area contributed by atoms with Crippen LogP contribution >= 0.6 is 0 Å². The van der Waals surface area contributed by atoms with Crippen LogP contribution in [0.15, 0.2) is 5.10 Å². The zero-order chi connectivity index (χ0) is 4.12. The number of ether oxygens (including phenoxy) is 1. The van der Waals surface area contributed by atoms with Crippen LogP contribution < -0.4 is 5.84 Å². The van der Waals surface area contributed by atoms with Crippen LogP contribution in [0.4, 0.5) is 0 Å². The van der Waals surface area contributed by atoms with E-state index in [9.17, 15) is 0 Å². The summed E-state index contributed by atoms with van der Waals surface area (Å²) < 4.78 is 4.27. The monoisotopic (exact) mass is 74.0 g/mol. The topological polar surface area (TPSA) is 47.6 Å². The van der Waals surface area contributed by atoms with Gasteiger partial charge in [0.15, 0.2) is 6.40 Å². The molecular weight excluding hydrogens is 68.0 g/mol. The van der Waals surface area contributed by atoms with Crippen molar-refractivity contribution in [3.05, 3.63) is 0 Å². The van der Waals surface area contributed by atoms with Gasteiger partial charge in [-0.05, 0) is 0 Å². The number of hydrazone groups is 1. The van der Waals surface area contributed by atoms with E-state index in [0.717, 1.165) is 6.40 Å². The molecule has 0 aliphatic carbocycles. The van der Waals surface area contributed by atoms with Gasteiger partial charge in [0.1, 0.15) is 0 Å². The fraction of sp³-hybridized carbons (Fsp3) is 0.500. The Hall–Kier alpha value is -0.730. The molecule has 5 heavy (non-hydrogen) atoms. The summed E-state index contributed by atoms with van der Waals surface area (Å²) in [6.07, 6.45) is 1.15. The fourth-order valence-electron chi connectivity index (χ4n) is 0.0609. The zero-order valence-corrected chi connectivity index (χ0v) is 3.01. The van der Waals surface area contributed by atoms with E-state index in [2.05, 4.69) is 15.7 Å². The van der Waals surface area contributed by atoms with Crippen molar-refractivity contribution in [1.82, 2.24) is 0 Å². The maximum Gasteiger partial charge on any atom is 0.191 e. The minimum Gasteiger partial charge on any atom is -0.485 e. The van der Waals surface area contributed by atoms with Gasteiger partial charge >= 0.3 is 0 Å². The first-order valence-corrected chi connectivity index (χ1v) is 1.16. The number of hydrogen-bond acceptors (Lipinski definition) is 3. The number of nitrogens with zero attached hydrogens (tertiary/aromatic N) is 1. The molecule has 2 N–H and O–H groups in total. The van der Waals surface area contributed by atoms with E-state index in [1.54, 1.807) is 0 Å². The summed E-state index contributed by atoms with van der Waals surface area (Å²) in [5, 5.41) is 3.01. The van der Waals surface area contributed by atoms with E-state index >= 15 is 0 Å². The molecule has 3 heteroatoms. The summed E-state index contributed by atoms with van der Waals surface area (Å²) in [7, 11) is 1.48. The third-order valence-corrected chi connectivity index (χ3v) is 0.166. The van der Waals surface area contributed by atoms with Crippen LogP contribution in [0.3, 0.4) is 0 Å². The Balaban J connectivity index is 2.62. The predicted octanol–water partition coefficient (Wildman–Crippen LogP) is -0.465. The highest BCUT2D eigenvalue weighted by Crippen LogP contribution is 1.44. The van der Waals surface area contributed by atoms with Gasteiger partial charge in [0.25, 0.3) is 0 Å². The Labute approximate surface area is 30.4 Å². The maximum absolute atomic E-state index is 4.58. The average Bonchev–Trinajstić information content (AvgIpc) is 1.41. The van der Waals surface area contributed by atoms with Crippen LogP contribution in [0.5, 0.6) is 0 Å². The summed E-state index contributed by atoms with van der Waals surface area (Å²) in [6.45, 7) is 0. The standard InChI is InChI=1S/C2H6N2O/c1-5-2-4-3/h2H,3H2,1H3. The van der Waals surface area contributed by atoms with Gasteiger partial charge in [0, 0.05) is 0 Å². The van der Waals surface area contributed by atoms with Crippen molar-refractivity contribution in [3.63, 3.8) is 0 Å². The first kappa shape index (κ1) is 4.27. The van der Waals surface area contributed by atoms with Crippen molar-refractivity contribution in [2.24, 2.45) is 10.9 Å². The maximum atomic E-state index is 4.58. The van der Waals surface area contributed by atoms with Crippen LogP contribution in [0.25, 0.3) is 0 Å². The Kier molecular flexibility index (Phi) is 2.79. The summed E-state index contributed by atoms with van der Waals surface area (Å²) in [5.41, 5.74) is 0. The third kappa shape index (κ3) is 3.27. The number of nitrogens with two attached hydrogens (primary N) is 1. The van der Waals surface area contributed by atoms with Gasteiger partial charge in [0.2, 0.25) is 0 Å². The molecule has 0 aliphatic heterocycles. The molecule has 3 nitrogen and oxygen atoms in total. The van der Waals surface area contributed by atoms with E-state index < -0.39 is 0 Å². The summed E-state index contributed by atoms with van der Waals surface area (Å²) in [4.78, 5) is 0. The van der Waals surface area contributed by atoms with Crippen LogP contribution in [-0.4, -0.2) is 13.5 Å². The molecule has 0 spiro atoms. The van der Waals surface area contributed by atoms with Crippen LogP contribution in [0.2, 0.25) is 0 Å². The van der Waals surface area contributed by atoms with Gasteiger partial charge in [-0.15, -0.1) is 0 Å². The fourth-order valence-corrected chi connectivity index (χ4v) is 0.0609. The van der Waals surface area contributed by atoms with E-state index in [1.165, 1.54) is 7.11 Å². The van der Waals surface area contributed by atoms with Crippen LogP contribution in [-0.2, 0) is 4.74 Å². The van der Waals surface area contributed by atoms with Gasteiger partial charge in [-0.1, -0.05) is 0 Å². The second kappa shape index (κ2) is 3.27. The second-order valence-corrected chi connectivity index (χ2v) is 0.490. The lowest BCUT2D eigenvalue weighted by molar-refractivity contribution is 0.421. The van der Waals surface area contributed by atoms with E-state index in [1.807, 2.05) is 0 Å². The largest absolute Gasteiger partial charge is 0.485 e. The minimum absolute atomic E-state index is 1.15. The summed E-state index contributed by atoms with van der Waals surface area (Å²) >= 11 is 0. The van der Waals surface area contributed by atoms with Gasteiger partial charge in [-0.3, -0.25) is 0 Å². The Bertz CT molecular complexity index is 34.6. The van der Waals surface area contributed by atoms with Gasteiger partial charge in [-0.2, -0.15) is 5.10 Å². The lowest BCUT2D eigenvalue weighted by Crippen LogP contribution is -1.82. The molecule has 0 heterocycles. The molecule has 0 saturated carbocycles. The molecule has 0 radical (unpaired) electrons. The quantitative estimate of drug-likeness (QED) is 0.198. The molecule has 0 atom stereocenters. The number of hydrogen-bond donors (Lipinski definition) is 1. The average molecular weight is 74.1 g/mol. The highest BCUT2D eigenvalue weighted by molar-refractivity contribution is 5.44. The van der Waals surface area contributed by atoms with Crippen molar-refractivity contribution in [3.8, 4) is 0 Å². The molecule has 0 aromatic heterocycles. The first-order valence-electron chi connectivity index (χ1n) is 1.16. The summed E-state index contributed by atoms with van der Waals surface area (Å²) in [5.74, 6) is 4.58. The van der Waals surface area contributed by atoms with Crippen molar-refractivity contribution < 1.29 is 4.74 Å². The van der Waals surface area contributed by atoms with Crippen LogP contribution in [0.1, 0.15) is 0 Å². The lowest BCUT2D eigenvalue weighted by atomic mass is 11.4. The molecule has 30 valence electrons. The van der Waals surface area contributed by atoms with Crippen molar-refractivity contribution in [1.29, 1.82) is 0 Å². The smallest absolute Gasteiger partial charge is 0.191 e. The van der Waals surface area contributed by atoms with Gasteiger partial charge in [0.05, 0.1) is 7.11 Å². The number of rotatable bonds is 1. The SMILES string of the molecule is COC=NN. The molecule has 0 aliphatic rings. The Morgan fingerprint density at radius 2 is 2.60 bits per heavy atom. The molecule has 0 unspecified atom stereocenters. The normalized spacial score (nSPS) is 9.00. The highest BCUT2D eigenvalue weighted by atomic mass is 16.5. The van der Waals surface area contributed by atoms with E-state index in [4.69, 9.17) is 0 Å². The van der Waals surface area contributed by atoms with Crippen molar-refractivity contribution >= 4 is 6.40 Å². The van der Waals surface area contributed by atoms with Crippen LogP contribution in [0, 0.1) is 0 Å². The molecular formula is C2H6N2O. The predicted molar refractivity (Wildman–Crippen MR) is 19.7 cm³/mol. The molecule has 0 aromatic rings. The van der Waals surface area contributed by atoms with Crippen molar-refractivity contribution in [2.75, 3.05) is 7.11 Å². The minimum atomic E-state index is 1.15. The third-order valence-electron chi connectivity index (χ3n) is 0.166. The Morgan fingerprint density at radius 3 is 2.60 bits per heavy atom. The number of methoxy groups -OCH3 is 1. The Morgan fingerprint density at radius 1 is 2.00 bits per heavy atom. The molecule has 0 aromatic carbocycles. The molecule has 0 saturated heterocycles. The summed E-state index contributed by atoms with van der Waals surface area (Å²) in [6, 6.07) is 0.